The first-order valence-electron chi connectivity index (χ1n) is 20.2. The van der Waals surface area contributed by atoms with E-state index in [1.807, 2.05) is 0 Å². The number of fused-ring (bicyclic) bond motifs is 9. The van der Waals surface area contributed by atoms with Gasteiger partial charge in [0, 0.05) is 38.7 Å². The van der Waals surface area contributed by atoms with Crippen molar-refractivity contribution in [1.82, 2.24) is 4.57 Å². The Labute approximate surface area is 341 Å². The molecule has 12 aromatic rings. The Hall–Kier alpha value is -7.88. The van der Waals surface area contributed by atoms with E-state index >= 15 is 0 Å². The molecule has 0 bridgehead atoms. The third-order valence-corrected chi connectivity index (χ3v) is 12.0. The maximum Gasteiger partial charge on any atom is 0.145 e. The smallest absolute Gasteiger partial charge is 0.145 e. The van der Waals surface area contributed by atoms with Crippen LogP contribution in [-0.4, -0.2) is 4.57 Å². The summed E-state index contributed by atoms with van der Waals surface area (Å²) in [6, 6.07) is 78.5. The van der Waals surface area contributed by atoms with Gasteiger partial charge in [0.1, 0.15) is 11.2 Å². The average molecular weight is 753 g/mol. The Morgan fingerprint density at radius 2 is 0.949 bits per heavy atom. The van der Waals surface area contributed by atoms with Gasteiger partial charge in [0.2, 0.25) is 0 Å². The molecule has 3 heteroatoms. The van der Waals surface area contributed by atoms with E-state index in [0.29, 0.717) is 0 Å². The molecule has 0 spiro atoms. The number of aromatic nitrogens is 1. The molecule has 0 aliphatic rings. The molecule has 0 saturated carbocycles. The van der Waals surface area contributed by atoms with Crippen LogP contribution < -0.4 is 4.90 Å². The highest BCUT2D eigenvalue weighted by Crippen LogP contribution is 2.48. The second-order valence-corrected chi connectivity index (χ2v) is 15.2. The lowest BCUT2D eigenvalue weighted by atomic mass is 9.93. The summed E-state index contributed by atoms with van der Waals surface area (Å²) in [7, 11) is 0. The highest BCUT2D eigenvalue weighted by Gasteiger charge is 2.24. The molecule has 0 aliphatic heterocycles. The van der Waals surface area contributed by atoms with E-state index in [4.69, 9.17) is 4.42 Å². The van der Waals surface area contributed by atoms with Crippen LogP contribution in [0.25, 0.3) is 93.2 Å². The molecule has 0 unspecified atom stereocenters. The summed E-state index contributed by atoms with van der Waals surface area (Å²) in [6.45, 7) is 0. The fourth-order valence-electron chi connectivity index (χ4n) is 9.38. The molecule has 12 rings (SSSR count). The number of furan rings is 1. The van der Waals surface area contributed by atoms with Gasteiger partial charge in [0.15, 0.2) is 0 Å². The zero-order chi connectivity index (χ0) is 38.9. The van der Waals surface area contributed by atoms with Crippen molar-refractivity contribution in [3.05, 3.63) is 218 Å². The number of benzene rings is 10. The molecular weight excluding hydrogens is 717 g/mol. The van der Waals surface area contributed by atoms with Crippen LogP contribution >= 0.6 is 0 Å². The van der Waals surface area contributed by atoms with Crippen LogP contribution in [0.4, 0.5) is 17.1 Å². The zero-order valence-corrected chi connectivity index (χ0v) is 32.1. The van der Waals surface area contributed by atoms with Crippen molar-refractivity contribution in [2.45, 2.75) is 0 Å². The molecule has 0 aliphatic carbocycles. The Morgan fingerprint density at radius 1 is 0.373 bits per heavy atom. The van der Waals surface area contributed by atoms with Crippen molar-refractivity contribution < 1.29 is 4.42 Å². The molecule has 0 radical (unpaired) electrons. The number of rotatable bonds is 6. The van der Waals surface area contributed by atoms with Gasteiger partial charge in [0.05, 0.1) is 27.8 Å². The second-order valence-electron chi connectivity index (χ2n) is 15.2. The highest BCUT2D eigenvalue weighted by atomic mass is 16.3. The van der Waals surface area contributed by atoms with Crippen LogP contribution in [0.2, 0.25) is 0 Å². The molecule has 0 N–H and O–H groups in total. The maximum absolute atomic E-state index is 6.96. The predicted octanol–water partition coefficient (Wildman–Crippen LogP) is 15.8. The minimum absolute atomic E-state index is 0.858. The van der Waals surface area contributed by atoms with Crippen LogP contribution in [0.5, 0.6) is 0 Å². The van der Waals surface area contributed by atoms with Crippen molar-refractivity contribution in [3.8, 4) is 27.9 Å². The van der Waals surface area contributed by atoms with Crippen LogP contribution in [0, 0.1) is 0 Å². The normalized spacial score (nSPS) is 11.7. The Bertz CT molecular complexity index is 3500. The lowest BCUT2D eigenvalue weighted by Crippen LogP contribution is -2.10. The van der Waals surface area contributed by atoms with Gasteiger partial charge in [-0.05, 0) is 99.4 Å². The van der Waals surface area contributed by atoms with Gasteiger partial charge in [-0.2, -0.15) is 0 Å². The minimum atomic E-state index is 0.858. The molecule has 276 valence electrons. The first kappa shape index (κ1) is 33.3. The summed E-state index contributed by atoms with van der Waals surface area (Å²) in [5, 5.41) is 9.66. The molecule has 2 heterocycles. The Morgan fingerprint density at radius 3 is 1.71 bits per heavy atom. The summed E-state index contributed by atoms with van der Waals surface area (Å²) in [4.78, 5) is 2.37. The van der Waals surface area contributed by atoms with Gasteiger partial charge >= 0.3 is 0 Å². The van der Waals surface area contributed by atoms with Crippen molar-refractivity contribution in [2.75, 3.05) is 4.90 Å². The summed E-state index contributed by atoms with van der Waals surface area (Å²) in [6.07, 6.45) is 0. The van der Waals surface area contributed by atoms with Gasteiger partial charge in [-0.25, -0.2) is 0 Å². The van der Waals surface area contributed by atoms with Crippen molar-refractivity contribution in [3.63, 3.8) is 0 Å². The van der Waals surface area contributed by atoms with Crippen molar-refractivity contribution in [2.24, 2.45) is 0 Å². The SMILES string of the molecule is c1ccc(N(c2ccc(-c3cc4ccccc4c4ccccc34)cc2)c2ccc(-c3ccccc3-n3c4ccccc4c4ccccc43)c3oc4ccccc4c23)cc1. The van der Waals surface area contributed by atoms with Crippen LogP contribution in [0.3, 0.4) is 0 Å². The number of anilines is 3. The average Bonchev–Trinajstić information content (AvgIpc) is 3.86. The third-order valence-electron chi connectivity index (χ3n) is 12.0. The van der Waals surface area contributed by atoms with E-state index in [1.165, 1.54) is 54.5 Å². The summed E-state index contributed by atoms with van der Waals surface area (Å²) >= 11 is 0. The lowest BCUT2D eigenvalue weighted by molar-refractivity contribution is 0.670. The van der Waals surface area contributed by atoms with E-state index in [1.54, 1.807) is 0 Å². The molecule has 0 saturated heterocycles. The summed E-state index contributed by atoms with van der Waals surface area (Å²) in [5.74, 6) is 0. The molecular formula is C56H36N2O. The maximum atomic E-state index is 6.96. The van der Waals surface area contributed by atoms with E-state index in [0.717, 1.165) is 55.8 Å². The molecule has 10 aromatic carbocycles. The van der Waals surface area contributed by atoms with E-state index < -0.39 is 0 Å². The number of para-hydroxylation sites is 5. The molecule has 0 fully saturated rings. The van der Waals surface area contributed by atoms with Crippen LogP contribution in [0.1, 0.15) is 0 Å². The van der Waals surface area contributed by atoms with Crippen molar-refractivity contribution >= 4 is 82.4 Å². The molecule has 0 amide bonds. The van der Waals surface area contributed by atoms with E-state index in [2.05, 4.69) is 228 Å². The monoisotopic (exact) mass is 752 g/mol. The summed E-state index contributed by atoms with van der Waals surface area (Å²) < 4.78 is 9.37. The van der Waals surface area contributed by atoms with Gasteiger partial charge < -0.3 is 13.9 Å². The lowest BCUT2D eigenvalue weighted by Gasteiger charge is -2.27. The molecule has 3 nitrogen and oxygen atoms in total. The third kappa shape index (κ3) is 5.22. The first-order chi connectivity index (χ1) is 29.3. The number of nitrogens with zero attached hydrogens (tertiary/aromatic N) is 2. The fourth-order valence-corrected chi connectivity index (χ4v) is 9.38. The number of hydrogen-bond acceptors (Lipinski definition) is 2. The second kappa shape index (κ2) is 13.4. The largest absolute Gasteiger partial charge is 0.455 e. The van der Waals surface area contributed by atoms with Crippen LogP contribution in [-0.2, 0) is 0 Å². The topological polar surface area (TPSA) is 21.3 Å². The van der Waals surface area contributed by atoms with E-state index in [9.17, 15) is 0 Å². The minimum Gasteiger partial charge on any atom is -0.455 e. The van der Waals surface area contributed by atoms with E-state index in [-0.39, 0.29) is 0 Å². The quantitative estimate of drug-likeness (QED) is 0.158. The summed E-state index contributed by atoms with van der Waals surface area (Å²) in [5.41, 5.74) is 12.9. The first-order valence-corrected chi connectivity index (χ1v) is 20.2. The van der Waals surface area contributed by atoms with Crippen LogP contribution in [0.15, 0.2) is 223 Å². The molecule has 0 atom stereocenters. The molecule has 2 aromatic heterocycles. The zero-order valence-electron chi connectivity index (χ0n) is 32.1. The standard InChI is InChI=1S/C56H36N2O/c1-2-17-39(18-3-1)57(40-32-30-37(31-33-40)49-36-38-16-4-5-19-41(38)42-20-6-7-21-43(42)49)53-35-34-47(56-55(53)48-25-11-15-29-54(48)59-56)46-24-10-14-28-52(46)58-50-26-12-8-22-44(50)45-23-9-13-27-51(45)58/h1-36H. The molecule has 59 heavy (non-hydrogen) atoms. The number of hydrogen-bond donors (Lipinski definition) is 0. The highest BCUT2D eigenvalue weighted by molar-refractivity contribution is 6.18. The predicted molar refractivity (Wildman–Crippen MR) is 249 cm³/mol. The van der Waals surface area contributed by atoms with Gasteiger partial charge in [-0.15, -0.1) is 0 Å². The van der Waals surface area contributed by atoms with Crippen molar-refractivity contribution in [1.29, 1.82) is 0 Å². The Balaban J connectivity index is 1.07. The Kier molecular flexibility index (Phi) is 7.54. The van der Waals surface area contributed by atoms with Gasteiger partial charge in [0.25, 0.3) is 0 Å². The van der Waals surface area contributed by atoms with Gasteiger partial charge in [-0.1, -0.05) is 152 Å². The van der Waals surface area contributed by atoms with Gasteiger partial charge in [-0.3, -0.25) is 0 Å². The fraction of sp³-hybridized carbons (Fsp3) is 0.